The zero-order valence-electron chi connectivity index (χ0n) is 11.8. The Hall–Kier alpha value is -2.89. The molecule has 0 saturated heterocycles. The third-order valence-corrected chi connectivity index (χ3v) is 3.33. The van der Waals surface area contributed by atoms with Crippen molar-refractivity contribution in [2.24, 2.45) is 0 Å². The van der Waals surface area contributed by atoms with Crippen LogP contribution in [0.15, 0.2) is 48.9 Å². The lowest BCUT2D eigenvalue weighted by Crippen LogP contribution is -2.30. The van der Waals surface area contributed by atoms with E-state index in [1.807, 2.05) is 6.20 Å². The monoisotopic (exact) mass is 298 g/mol. The lowest BCUT2D eigenvalue weighted by molar-refractivity contribution is 0.252. The quantitative estimate of drug-likeness (QED) is 0.693. The smallest absolute Gasteiger partial charge is 0.319 e. The number of nitrogens with zero attached hydrogens (tertiary/aromatic N) is 1. The summed E-state index contributed by atoms with van der Waals surface area (Å²) in [5, 5.41) is 6.29. The number of H-pyrrole nitrogens is 1. The van der Waals surface area contributed by atoms with Gasteiger partial charge in [0.15, 0.2) is 0 Å². The molecule has 0 fully saturated rings. The van der Waals surface area contributed by atoms with E-state index in [1.165, 1.54) is 12.1 Å². The number of anilines is 1. The highest BCUT2D eigenvalue weighted by Crippen LogP contribution is 2.19. The van der Waals surface area contributed by atoms with Gasteiger partial charge in [-0.25, -0.2) is 9.18 Å². The van der Waals surface area contributed by atoms with E-state index in [0.29, 0.717) is 18.7 Å². The molecule has 0 unspecified atom stereocenters. The van der Waals surface area contributed by atoms with Crippen molar-refractivity contribution in [3.8, 4) is 0 Å². The van der Waals surface area contributed by atoms with Crippen LogP contribution in [0.1, 0.15) is 5.56 Å². The zero-order valence-corrected chi connectivity index (χ0v) is 11.8. The first-order valence-electron chi connectivity index (χ1n) is 6.93. The first-order valence-corrected chi connectivity index (χ1v) is 6.93. The van der Waals surface area contributed by atoms with Gasteiger partial charge in [-0.1, -0.05) is 0 Å². The van der Waals surface area contributed by atoms with Gasteiger partial charge in [-0.15, -0.1) is 0 Å². The Morgan fingerprint density at radius 3 is 3.05 bits per heavy atom. The van der Waals surface area contributed by atoms with E-state index in [0.717, 1.165) is 16.5 Å². The summed E-state index contributed by atoms with van der Waals surface area (Å²) in [6, 6.07) is 7.83. The van der Waals surface area contributed by atoms with E-state index < -0.39 is 0 Å². The van der Waals surface area contributed by atoms with E-state index in [2.05, 4.69) is 20.6 Å². The highest BCUT2D eigenvalue weighted by atomic mass is 19.1. The summed E-state index contributed by atoms with van der Waals surface area (Å²) in [7, 11) is 0. The van der Waals surface area contributed by atoms with E-state index in [4.69, 9.17) is 0 Å². The molecule has 22 heavy (non-hydrogen) atoms. The van der Waals surface area contributed by atoms with Gasteiger partial charge >= 0.3 is 6.03 Å². The fraction of sp³-hybridized carbons (Fsp3) is 0.125. The summed E-state index contributed by atoms with van der Waals surface area (Å²) >= 11 is 0. The van der Waals surface area contributed by atoms with Crippen LogP contribution in [0, 0.1) is 5.82 Å². The van der Waals surface area contributed by atoms with Gasteiger partial charge in [-0.2, -0.15) is 0 Å². The Bertz CT molecular complexity index is 785. The molecule has 0 aliphatic heterocycles. The minimum Gasteiger partial charge on any atom is -0.361 e. The lowest BCUT2D eigenvalue weighted by atomic mass is 10.1. The molecule has 112 valence electrons. The largest absolute Gasteiger partial charge is 0.361 e. The van der Waals surface area contributed by atoms with Crippen molar-refractivity contribution >= 4 is 22.6 Å². The summed E-state index contributed by atoms with van der Waals surface area (Å²) < 4.78 is 13.3. The second kappa shape index (κ2) is 6.26. The second-order valence-corrected chi connectivity index (χ2v) is 4.88. The van der Waals surface area contributed by atoms with Crippen molar-refractivity contribution < 1.29 is 9.18 Å². The molecule has 2 amide bonds. The van der Waals surface area contributed by atoms with Gasteiger partial charge in [0, 0.05) is 29.8 Å². The molecule has 0 atom stereocenters. The summed E-state index contributed by atoms with van der Waals surface area (Å²) in [6.45, 7) is 0.454. The van der Waals surface area contributed by atoms with Crippen LogP contribution in [-0.4, -0.2) is 22.5 Å². The first-order chi connectivity index (χ1) is 10.7. The molecule has 2 aromatic heterocycles. The maximum atomic E-state index is 13.3. The maximum absolute atomic E-state index is 13.3. The van der Waals surface area contributed by atoms with E-state index in [9.17, 15) is 9.18 Å². The molecule has 5 nitrogen and oxygen atoms in total. The Morgan fingerprint density at radius 1 is 1.32 bits per heavy atom. The van der Waals surface area contributed by atoms with Crippen LogP contribution >= 0.6 is 0 Å². The van der Waals surface area contributed by atoms with Gasteiger partial charge < -0.3 is 15.6 Å². The van der Waals surface area contributed by atoms with Crippen LogP contribution < -0.4 is 10.6 Å². The number of hydrogen-bond donors (Lipinski definition) is 3. The summed E-state index contributed by atoms with van der Waals surface area (Å²) in [6.07, 6.45) is 5.66. The highest BCUT2D eigenvalue weighted by Gasteiger charge is 2.06. The molecule has 0 bridgehead atoms. The third kappa shape index (κ3) is 3.22. The van der Waals surface area contributed by atoms with Gasteiger partial charge in [0.05, 0.1) is 11.9 Å². The molecular weight excluding hydrogens is 283 g/mol. The van der Waals surface area contributed by atoms with Crippen molar-refractivity contribution in [3.05, 3.63) is 60.3 Å². The standard InChI is InChI=1S/C16H15FN4O/c17-12-3-4-15-14(8-12)11(9-20-15)5-7-19-16(22)21-13-2-1-6-18-10-13/h1-4,6,8-10,20H,5,7H2,(H2,19,21,22). The number of carbonyl (C=O) groups is 1. The number of rotatable bonds is 4. The van der Waals surface area contributed by atoms with Gasteiger partial charge in [0.1, 0.15) is 5.82 Å². The van der Waals surface area contributed by atoms with Gasteiger partial charge in [-0.3, -0.25) is 4.98 Å². The fourth-order valence-electron chi connectivity index (χ4n) is 2.28. The molecule has 0 saturated carbocycles. The average Bonchev–Trinajstić information content (AvgIpc) is 2.91. The number of fused-ring (bicyclic) bond motifs is 1. The first kappa shape index (κ1) is 14.1. The SMILES string of the molecule is O=C(NCCc1c[nH]c2ccc(F)cc12)Nc1cccnc1. The van der Waals surface area contributed by atoms with Crippen LogP contribution in [0.25, 0.3) is 10.9 Å². The molecule has 0 spiro atoms. The number of hydrogen-bond acceptors (Lipinski definition) is 2. The van der Waals surface area contributed by atoms with Gasteiger partial charge in [0.2, 0.25) is 0 Å². The summed E-state index contributed by atoms with van der Waals surface area (Å²) in [5.74, 6) is -0.268. The summed E-state index contributed by atoms with van der Waals surface area (Å²) in [5.41, 5.74) is 2.49. The molecule has 0 radical (unpaired) electrons. The van der Waals surface area contributed by atoms with E-state index >= 15 is 0 Å². The van der Waals surface area contributed by atoms with Crippen LogP contribution in [0.2, 0.25) is 0 Å². The Kier molecular flexibility index (Phi) is 4.00. The third-order valence-electron chi connectivity index (χ3n) is 3.33. The predicted molar refractivity (Wildman–Crippen MR) is 83.2 cm³/mol. The van der Waals surface area contributed by atoms with Gasteiger partial charge in [-0.05, 0) is 42.3 Å². The van der Waals surface area contributed by atoms with Crippen LogP contribution in [0.3, 0.4) is 0 Å². The molecule has 3 rings (SSSR count). The number of benzene rings is 1. The Balaban J connectivity index is 1.56. The van der Waals surface area contributed by atoms with Crippen molar-refractivity contribution in [3.63, 3.8) is 0 Å². The number of pyridine rings is 1. The molecule has 3 aromatic rings. The average molecular weight is 298 g/mol. The number of urea groups is 1. The minimum absolute atomic E-state index is 0.268. The van der Waals surface area contributed by atoms with Crippen molar-refractivity contribution in [2.75, 3.05) is 11.9 Å². The minimum atomic E-state index is -0.293. The van der Waals surface area contributed by atoms with Gasteiger partial charge in [0.25, 0.3) is 0 Å². The second-order valence-electron chi connectivity index (χ2n) is 4.88. The van der Waals surface area contributed by atoms with E-state index in [-0.39, 0.29) is 11.8 Å². The predicted octanol–water partition coefficient (Wildman–Crippen LogP) is 3.07. The molecule has 2 heterocycles. The van der Waals surface area contributed by atoms with Crippen molar-refractivity contribution in [2.45, 2.75) is 6.42 Å². The number of aromatic amines is 1. The maximum Gasteiger partial charge on any atom is 0.319 e. The normalized spacial score (nSPS) is 10.6. The number of aromatic nitrogens is 2. The number of amides is 2. The lowest BCUT2D eigenvalue weighted by Gasteiger charge is -2.06. The Labute approximate surface area is 126 Å². The van der Waals surface area contributed by atoms with Crippen LogP contribution in [0.5, 0.6) is 0 Å². The fourth-order valence-corrected chi connectivity index (χ4v) is 2.28. The number of halogens is 1. The number of carbonyl (C=O) groups excluding carboxylic acids is 1. The highest BCUT2D eigenvalue weighted by molar-refractivity contribution is 5.89. The summed E-state index contributed by atoms with van der Waals surface area (Å²) in [4.78, 5) is 18.7. The van der Waals surface area contributed by atoms with Crippen LogP contribution in [0.4, 0.5) is 14.9 Å². The molecular formula is C16H15FN4O. The van der Waals surface area contributed by atoms with Crippen LogP contribution in [-0.2, 0) is 6.42 Å². The molecule has 6 heteroatoms. The molecule has 0 aliphatic carbocycles. The zero-order chi connectivity index (χ0) is 15.4. The van der Waals surface area contributed by atoms with Crippen molar-refractivity contribution in [1.82, 2.24) is 15.3 Å². The Morgan fingerprint density at radius 2 is 2.23 bits per heavy atom. The van der Waals surface area contributed by atoms with Crippen molar-refractivity contribution in [1.29, 1.82) is 0 Å². The topological polar surface area (TPSA) is 69.8 Å². The molecule has 1 aromatic carbocycles. The molecule has 0 aliphatic rings. The van der Waals surface area contributed by atoms with E-state index in [1.54, 1.807) is 30.6 Å². The number of nitrogens with one attached hydrogen (secondary N) is 3. The molecule has 3 N–H and O–H groups in total.